The standard InChI is InChI=1S/C18H14N6O8S3/c1-8-15(21-22-18-20-11-4-2-9(17(25)26)6-13(11)33-18)16(19)24(23-8)12-7-10(34(27,28)29)3-5-14(12)35(30,31)32/h2-7H,19H2,1H3,(H,25,26)(H,27,28,29)(H,30,31,32)/b22-21+. The fourth-order valence-corrected chi connectivity index (χ4v) is 5.04. The lowest BCUT2D eigenvalue weighted by molar-refractivity contribution is 0.0697. The van der Waals surface area contributed by atoms with Crippen LogP contribution in [0.5, 0.6) is 0 Å². The molecule has 4 aromatic rings. The molecule has 4 rings (SSSR count). The Morgan fingerprint density at radius 2 is 1.77 bits per heavy atom. The van der Waals surface area contributed by atoms with Gasteiger partial charge in [-0.1, -0.05) is 11.3 Å². The van der Waals surface area contributed by atoms with Gasteiger partial charge in [-0.05, 0) is 43.3 Å². The normalized spacial score (nSPS) is 12.5. The van der Waals surface area contributed by atoms with E-state index in [1.165, 1.54) is 25.1 Å². The molecule has 2 aromatic carbocycles. The number of rotatable bonds is 6. The number of nitrogen functional groups attached to an aromatic ring is 1. The van der Waals surface area contributed by atoms with Crippen molar-refractivity contribution < 1.29 is 35.8 Å². The number of benzene rings is 2. The lowest BCUT2D eigenvalue weighted by Crippen LogP contribution is -2.11. The zero-order valence-corrected chi connectivity index (χ0v) is 19.8. The minimum Gasteiger partial charge on any atom is -0.478 e. The fourth-order valence-electron chi connectivity index (χ4n) is 3.07. The number of thiazole rings is 1. The topological polar surface area (TPSA) is 227 Å². The average molecular weight is 539 g/mol. The molecule has 0 saturated carbocycles. The lowest BCUT2D eigenvalue weighted by atomic mass is 10.2. The fraction of sp³-hybridized carbons (Fsp3) is 0.0556. The van der Waals surface area contributed by atoms with Crippen molar-refractivity contribution in [3.05, 3.63) is 47.7 Å². The molecule has 0 bridgehead atoms. The SMILES string of the molecule is Cc1nn(-c2cc(S(=O)(=O)O)ccc2S(=O)(=O)O)c(N)c1/N=N/c1nc2ccc(C(=O)O)cc2s1. The summed E-state index contributed by atoms with van der Waals surface area (Å²) in [6.07, 6.45) is 0. The second kappa shape index (κ2) is 8.47. The van der Waals surface area contributed by atoms with E-state index in [0.29, 0.717) is 10.2 Å². The average Bonchev–Trinajstić information content (AvgIpc) is 3.29. The van der Waals surface area contributed by atoms with E-state index in [1.54, 1.807) is 0 Å². The van der Waals surface area contributed by atoms with Crippen LogP contribution in [0.4, 0.5) is 16.6 Å². The quantitative estimate of drug-likeness (QED) is 0.206. The third-order valence-electron chi connectivity index (χ3n) is 4.66. The van der Waals surface area contributed by atoms with E-state index in [4.69, 9.17) is 10.8 Å². The predicted molar refractivity (Wildman–Crippen MR) is 123 cm³/mol. The number of aromatic nitrogens is 3. The third kappa shape index (κ3) is 4.75. The number of azo groups is 1. The highest BCUT2D eigenvalue weighted by Crippen LogP contribution is 2.35. The van der Waals surface area contributed by atoms with Gasteiger partial charge in [-0.25, -0.2) is 14.5 Å². The number of nitrogens with two attached hydrogens (primary N) is 1. The van der Waals surface area contributed by atoms with Crippen LogP contribution in [0.3, 0.4) is 0 Å². The van der Waals surface area contributed by atoms with Crippen LogP contribution in [0.2, 0.25) is 0 Å². The van der Waals surface area contributed by atoms with Gasteiger partial charge in [0, 0.05) is 0 Å². The smallest absolute Gasteiger partial charge is 0.335 e. The molecule has 0 saturated heterocycles. The zero-order valence-electron chi connectivity index (χ0n) is 17.4. The van der Waals surface area contributed by atoms with Gasteiger partial charge in [0.05, 0.1) is 32.1 Å². The van der Waals surface area contributed by atoms with Gasteiger partial charge >= 0.3 is 5.97 Å². The number of fused-ring (bicyclic) bond motifs is 1. The molecule has 0 atom stereocenters. The predicted octanol–water partition coefficient (Wildman–Crippen LogP) is 2.98. The Balaban J connectivity index is 1.80. The summed E-state index contributed by atoms with van der Waals surface area (Å²) in [4.78, 5) is 14.0. The highest BCUT2D eigenvalue weighted by Gasteiger charge is 2.24. The van der Waals surface area contributed by atoms with Crippen molar-refractivity contribution in [1.29, 1.82) is 0 Å². The summed E-state index contributed by atoms with van der Waals surface area (Å²) in [6, 6.07) is 6.69. The molecular weight excluding hydrogens is 524 g/mol. The molecule has 0 aliphatic carbocycles. The Kier molecular flexibility index (Phi) is 5.89. The van der Waals surface area contributed by atoms with Gasteiger partial charge in [-0.3, -0.25) is 9.11 Å². The van der Waals surface area contributed by atoms with E-state index in [-0.39, 0.29) is 27.9 Å². The maximum absolute atomic E-state index is 11.8. The first kappa shape index (κ1) is 24.4. The maximum atomic E-state index is 11.8. The second-order valence-corrected chi connectivity index (χ2v) is 10.8. The third-order valence-corrected chi connectivity index (χ3v) is 7.31. The van der Waals surface area contributed by atoms with Gasteiger partial charge in [0.15, 0.2) is 11.5 Å². The molecule has 0 unspecified atom stereocenters. The molecule has 2 heterocycles. The highest BCUT2D eigenvalue weighted by atomic mass is 32.2. The molecule has 0 amide bonds. The van der Waals surface area contributed by atoms with Gasteiger partial charge in [0.25, 0.3) is 20.2 Å². The van der Waals surface area contributed by atoms with Gasteiger partial charge in [0.1, 0.15) is 4.90 Å². The summed E-state index contributed by atoms with van der Waals surface area (Å²) >= 11 is 1.06. The number of nitrogens with zero attached hydrogens (tertiary/aromatic N) is 5. The van der Waals surface area contributed by atoms with Crippen LogP contribution in [0.15, 0.2) is 56.4 Å². The molecule has 0 fully saturated rings. The monoisotopic (exact) mass is 538 g/mol. The molecule has 0 aliphatic rings. The summed E-state index contributed by atoms with van der Waals surface area (Å²) < 4.78 is 67.0. The molecule has 5 N–H and O–H groups in total. The largest absolute Gasteiger partial charge is 0.478 e. The zero-order chi connectivity index (χ0) is 25.7. The van der Waals surface area contributed by atoms with E-state index >= 15 is 0 Å². The van der Waals surface area contributed by atoms with Crippen LogP contribution in [0, 0.1) is 6.92 Å². The van der Waals surface area contributed by atoms with Gasteiger partial charge in [-0.15, -0.1) is 10.2 Å². The van der Waals surface area contributed by atoms with Crippen molar-refractivity contribution in [1.82, 2.24) is 14.8 Å². The van der Waals surface area contributed by atoms with E-state index in [1.807, 2.05) is 0 Å². The van der Waals surface area contributed by atoms with Crippen molar-refractivity contribution in [3.8, 4) is 5.69 Å². The van der Waals surface area contributed by atoms with E-state index < -0.39 is 41.7 Å². The Bertz CT molecular complexity index is 1760. The molecule has 182 valence electrons. The van der Waals surface area contributed by atoms with E-state index in [2.05, 4.69) is 20.3 Å². The summed E-state index contributed by atoms with van der Waals surface area (Å²) in [5, 5.41) is 21.3. The molecule has 2 aromatic heterocycles. The van der Waals surface area contributed by atoms with Crippen LogP contribution in [-0.2, 0) is 20.2 Å². The van der Waals surface area contributed by atoms with Crippen LogP contribution >= 0.6 is 11.3 Å². The summed E-state index contributed by atoms with van der Waals surface area (Å²) in [7, 11) is -9.56. The summed E-state index contributed by atoms with van der Waals surface area (Å²) in [5.74, 6) is -1.35. The van der Waals surface area contributed by atoms with Crippen molar-refractivity contribution >= 4 is 64.4 Å². The molecule has 14 nitrogen and oxygen atoms in total. The van der Waals surface area contributed by atoms with Crippen molar-refractivity contribution in [3.63, 3.8) is 0 Å². The first-order chi connectivity index (χ1) is 16.3. The van der Waals surface area contributed by atoms with Crippen LogP contribution in [0.25, 0.3) is 15.9 Å². The molecule has 0 radical (unpaired) electrons. The first-order valence-electron chi connectivity index (χ1n) is 9.26. The number of aromatic carboxylic acids is 1. The minimum absolute atomic E-state index is 0.00553. The number of hydrogen-bond acceptors (Lipinski definition) is 11. The van der Waals surface area contributed by atoms with E-state index in [9.17, 15) is 30.7 Å². The number of aryl methyl sites for hydroxylation is 1. The Morgan fingerprint density at radius 1 is 1.06 bits per heavy atom. The Labute approximate surface area is 200 Å². The molecule has 35 heavy (non-hydrogen) atoms. The van der Waals surface area contributed by atoms with Crippen LogP contribution in [-0.4, -0.2) is 51.8 Å². The maximum Gasteiger partial charge on any atom is 0.335 e. The molecule has 0 spiro atoms. The van der Waals surface area contributed by atoms with Crippen LogP contribution < -0.4 is 5.73 Å². The Morgan fingerprint density at radius 3 is 2.40 bits per heavy atom. The number of carbonyl (C=O) groups is 1. The molecule has 0 aliphatic heterocycles. The van der Waals surface area contributed by atoms with Gasteiger partial charge in [0.2, 0.25) is 5.13 Å². The number of anilines is 1. The number of carboxylic acid groups (broad SMARTS) is 1. The number of hydrogen-bond donors (Lipinski definition) is 4. The first-order valence-corrected chi connectivity index (χ1v) is 13.0. The lowest BCUT2D eigenvalue weighted by Gasteiger charge is -2.10. The Hall–Kier alpha value is -3.77. The van der Waals surface area contributed by atoms with Crippen molar-refractivity contribution in [2.24, 2.45) is 10.2 Å². The van der Waals surface area contributed by atoms with Crippen LogP contribution in [0.1, 0.15) is 16.1 Å². The van der Waals surface area contributed by atoms with Crippen molar-refractivity contribution in [2.75, 3.05) is 5.73 Å². The minimum atomic E-state index is -4.84. The van der Waals surface area contributed by atoms with Gasteiger partial charge < -0.3 is 10.8 Å². The summed E-state index contributed by atoms with van der Waals surface area (Å²) in [5.41, 5.74) is 6.35. The molecule has 17 heteroatoms. The highest BCUT2D eigenvalue weighted by molar-refractivity contribution is 7.86. The van der Waals surface area contributed by atoms with E-state index in [0.717, 1.165) is 34.2 Å². The summed E-state index contributed by atoms with van der Waals surface area (Å²) in [6.45, 7) is 1.47. The van der Waals surface area contributed by atoms with Gasteiger partial charge in [-0.2, -0.15) is 21.9 Å². The molecular formula is C18H14N6O8S3. The number of carboxylic acids is 1. The second-order valence-electron chi connectivity index (χ2n) is 6.99. The van der Waals surface area contributed by atoms with Crippen molar-refractivity contribution in [2.45, 2.75) is 16.7 Å².